The molecule has 2 rings (SSSR count). The highest BCUT2D eigenvalue weighted by atomic mass is 32.2. The molecule has 1 heterocycles. The molecule has 1 aromatic rings. The van der Waals surface area contributed by atoms with Crippen LogP contribution in [0.5, 0.6) is 0 Å². The highest BCUT2D eigenvalue weighted by Crippen LogP contribution is 2.37. The van der Waals surface area contributed by atoms with Crippen LogP contribution in [-0.4, -0.2) is 26.6 Å². The third-order valence-electron chi connectivity index (χ3n) is 3.57. The van der Waals surface area contributed by atoms with Crippen molar-refractivity contribution in [3.8, 4) is 0 Å². The molecule has 5 nitrogen and oxygen atoms in total. The van der Waals surface area contributed by atoms with E-state index in [0.29, 0.717) is 0 Å². The average Bonchev–Trinajstić information content (AvgIpc) is 2.66. The molecule has 0 spiro atoms. The zero-order valence-corrected chi connectivity index (χ0v) is 12.5. The van der Waals surface area contributed by atoms with Crippen LogP contribution in [0, 0.1) is 12.8 Å². The Bertz CT molecular complexity index is 701. The first-order valence-electron chi connectivity index (χ1n) is 6.46. The molecule has 122 valence electrons. The van der Waals surface area contributed by atoms with Crippen LogP contribution in [0.4, 0.5) is 18.9 Å². The summed E-state index contributed by atoms with van der Waals surface area (Å²) in [6.45, 7) is 1.33. The molecule has 1 aliphatic heterocycles. The number of anilines is 1. The monoisotopic (exact) mass is 336 g/mol. The molecule has 22 heavy (non-hydrogen) atoms. The Morgan fingerprint density at radius 3 is 2.55 bits per heavy atom. The van der Waals surface area contributed by atoms with Crippen molar-refractivity contribution in [1.29, 1.82) is 0 Å². The maximum absolute atomic E-state index is 12.9. The first kappa shape index (κ1) is 16.8. The van der Waals surface area contributed by atoms with Crippen molar-refractivity contribution in [3.63, 3.8) is 0 Å². The van der Waals surface area contributed by atoms with E-state index in [4.69, 9.17) is 5.14 Å². The van der Waals surface area contributed by atoms with Crippen LogP contribution >= 0.6 is 0 Å². The van der Waals surface area contributed by atoms with E-state index in [-0.39, 0.29) is 30.0 Å². The maximum atomic E-state index is 12.9. The van der Waals surface area contributed by atoms with Crippen LogP contribution in [0.15, 0.2) is 18.2 Å². The molecule has 1 aromatic carbocycles. The first-order chi connectivity index (χ1) is 9.99. The Balaban J connectivity index is 2.32. The summed E-state index contributed by atoms with van der Waals surface area (Å²) in [5.41, 5.74) is -0.718. The first-order valence-corrected chi connectivity index (χ1v) is 8.18. The summed E-state index contributed by atoms with van der Waals surface area (Å²) >= 11 is 0. The third kappa shape index (κ3) is 3.58. The van der Waals surface area contributed by atoms with E-state index in [2.05, 4.69) is 0 Å². The van der Waals surface area contributed by atoms with Gasteiger partial charge in [0.1, 0.15) is 0 Å². The molecule has 9 heteroatoms. The number of benzene rings is 1. The number of carbonyl (C=O) groups excluding carboxylic acids is 1. The second-order valence-electron chi connectivity index (χ2n) is 5.35. The summed E-state index contributed by atoms with van der Waals surface area (Å²) in [6.07, 6.45) is -4.56. The number of nitrogens with two attached hydrogens (primary N) is 1. The molecule has 0 aliphatic carbocycles. The van der Waals surface area contributed by atoms with E-state index in [1.54, 1.807) is 0 Å². The van der Waals surface area contributed by atoms with Gasteiger partial charge in [-0.3, -0.25) is 4.79 Å². The lowest BCUT2D eigenvalue weighted by Crippen LogP contribution is -2.28. The number of primary sulfonamides is 1. The smallest absolute Gasteiger partial charge is 0.312 e. The molecule has 0 saturated carbocycles. The van der Waals surface area contributed by atoms with Gasteiger partial charge in [-0.05, 0) is 24.6 Å². The lowest BCUT2D eigenvalue weighted by atomic mass is 10.1. The van der Waals surface area contributed by atoms with Crippen molar-refractivity contribution < 1.29 is 26.4 Å². The van der Waals surface area contributed by atoms with Gasteiger partial charge in [0.2, 0.25) is 15.9 Å². The molecular formula is C13H15F3N2O3S. The standard InChI is InChI=1S/C13H15F3N2O3S/c1-8-10(13(14,15)16)3-2-4-11(8)18-6-9(5-12(18)19)7-22(17,20)21/h2-4,9H,5-7H2,1H3,(H2,17,20,21). The van der Waals surface area contributed by atoms with Gasteiger partial charge < -0.3 is 4.90 Å². The van der Waals surface area contributed by atoms with Gasteiger partial charge in [0.05, 0.1) is 11.3 Å². The molecule has 0 radical (unpaired) electrons. The van der Waals surface area contributed by atoms with Gasteiger partial charge in [-0.15, -0.1) is 0 Å². The van der Waals surface area contributed by atoms with Crippen molar-refractivity contribution in [2.24, 2.45) is 11.1 Å². The van der Waals surface area contributed by atoms with Crippen LogP contribution in [0.3, 0.4) is 0 Å². The van der Waals surface area contributed by atoms with Crippen LogP contribution in [0.1, 0.15) is 17.5 Å². The fourth-order valence-corrected chi connectivity index (χ4v) is 3.56. The second-order valence-corrected chi connectivity index (χ2v) is 7.01. The summed E-state index contributed by atoms with van der Waals surface area (Å²) < 4.78 is 60.9. The molecule has 0 aromatic heterocycles. The van der Waals surface area contributed by atoms with Crippen LogP contribution in [-0.2, 0) is 21.0 Å². The highest BCUT2D eigenvalue weighted by Gasteiger charge is 2.37. The molecule has 2 N–H and O–H groups in total. The number of carbonyl (C=O) groups is 1. The van der Waals surface area contributed by atoms with Crippen molar-refractivity contribution in [1.82, 2.24) is 0 Å². The number of halogens is 3. The highest BCUT2D eigenvalue weighted by molar-refractivity contribution is 7.89. The minimum absolute atomic E-state index is 0.0391. The van der Waals surface area contributed by atoms with Gasteiger partial charge in [0.15, 0.2) is 0 Å². The molecule has 0 bridgehead atoms. The fourth-order valence-electron chi connectivity index (χ4n) is 2.68. The van der Waals surface area contributed by atoms with E-state index in [0.717, 1.165) is 6.07 Å². The van der Waals surface area contributed by atoms with Gasteiger partial charge in [0, 0.05) is 24.6 Å². The van der Waals surface area contributed by atoms with Crippen LogP contribution < -0.4 is 10.0 Å². The second kappa shape index (κ2) is 5.54. The number of alkyl halides is 3. The molecule has 1 unspecified atom stereocenters. The Hall–Kier alpha value is -1.61. The Morgan fingerprint density at radius 2 is 2.00 bits per heavy atom. The van der Waals surface area contributed by atoms with Gasteiger partial charge >= 0.3 is 6.18 Å². The summed E-state index contributed by atoms with van der Waals surface area (Å²) in [5.74, 6) is -1.29. The number of hydrogen-bond donors (Lipinski definition) is 1. The zero-order chi connectivity index (χ0) is 16.7. The van der Waals surface area contributed by atoms with E-state index >= 15 is 0 Å². The van der Waals surface area contributed by atoms with Crippen molar-refractivity contribution in [3.05, 3.63) is 29.3 Å². The maximum Gasteiger partial charge on any atom is 0.416 e. The quantitative estimate of drug-likeness (QED) is 0.911. The molecule has 1 atom stereocenters. The number of hydrogen-bond acceptors (Lipinski definition) is 3. The Morgan fingerprint density at radius 1 is 1.36 bits per heavy atom. The predicted molar refractivity (Wildman–Crippen MR) is 74.6 cm³/mol. The van der Waals surface area contributed by atoms with Crippen LogP contribution in [0.25, 0.3) is 0 Å². The van der Waals surface area contributed by atoms with Crippen LogP contribution in [0.2, 0.25) is 0 Å². The SMILES string of the molecule is Cc1c(N2CC(CS(N)(=O)=O)CC2=O)cccc1C(F)(F)F. The third-order valence-corrected chi connectivity index (χ3v) is 4.51. The Labute approximate surface area is 125 Å². The lowest BCUT2D eigenvalue weighted by molar-refractivity contribution is -0.138. The van der Waals surface area contributed by atoms with E-state index < -0.39 is 33.6 Å². The summed E-state index contributed by atoms with van der Waals surface area (Å²) in [5, 5.41) is 4.95. The molecule has 1 saturated heterocycles. The molecule has 1 fully saturated rings. The van der Waals surface area contributed by atoms with E-state index in [1.807, 2.05) is 0 Å². The predicted octanol–water partition coefficient (Wildman–Crippen LogP) is 1.66. The largest absolute Gasteiger partial charge is 0.416 e. The number of nitrogens with zero attached hydrogens (tertiary/aromatic N) is 1. The Kier molecular flexibility index (Phi) is 4.22. The summed E-state index contributed by atoms with van der Waals surface area (Å²) in [7, 11) is -3.74. The molecule has 1 amide bonds. The number of amides is 1. The van der Waals surface area contributed by atoms with Gasteiger partial charge in [-0.2, -0.15) is 13.2 Å². The minimum Gasteiger partial charge on any atom is -0.312 e. The van der Waals surface area contributed by atoms with Crippen molar-refractivity contribution in [2.75, 3.05) is 17.2 Å². The number of rotatable bonds is 3. The van der Waals surface area contributed by atoms with Gasteiger partial charge in [-0.1, -0.05) is 6.07 Å². The number of sulfonamides is 1. The topological polar surface area (TPSA) is 80.5 Å². The summed E-state index contributed by atoms with van der Waals surface area (Å²) in [4.78, 5) is 13.2. The van der Waals surface area contributed by atoms with Crippen molar-refractivity contribution >= 4 is 21.6 Å². The molecule has 1 aliphatic rings. The van der Waals surface area contributed by atoms with Gasteiger partial charge in [-0.25, -0.2) is 13.6 Å². The lowest BCUT2D eigenvalue weighted by Gasteiger charge is -2.21. The normalized spacial score (nSPS) is 19.8. The van der Waals surface area contributed by atoms with E-state index in [9.17, 15) is 26.4 Å². The van der Waals surface area contributed by atoms with E-state index in [1.165, 1.54) is 24.0 Å². The zero-order valence-electron chi connectivity index (χ0n) is 11.7. The van der Waals surface area contributed by atoms with Crippen molar-refractivity contribution in [2.45, 2.75) is 19.5 Å². The fraction of sp³-hybridized carbons (Fsp3) is 0.462. The molecular weight excluding hydrogens is 321 g/mol. The van der Waals surface area contributed by atoms with Gasteiger partial charge in [0.25, 0.3) is 0 Å². The minimum atomic E-state index is -4.51. The average molecular weight is 336 g/mol. The summed E-state index contributed by atoms with van der Waals surface area (Å²) in [6, 6.07) is 3.59.